The lowest BCUT2D eigenvalue weighted by molar-refractivity contribution is -0.264. The van der Waals surface area contributed by atoms with Crippen LogP contribution in [-0.2, 0) is 58.9 Å². The number of phenols is 2. The Morgan fingerprint density at radius 3 is 2.22 bits per heavy atom. The second-order valence-electron chi connectivity index (χ2n) is 22.6. The van der Waals surface area contributed by atoms with Crippen molar-refractivity contribution in [1.29, 1.82) is 0 Å². The van der Waals surface area contributed by atoms with Crippen molar-refractivity contribution in [2.45, 2.75) is 151 Å². The van der Waals surface area contributed by atoms with Crippen molar-refractivity contribution < 1.29 is 82.2 Å². The molecule has 2 aliphatic carbocycles. The first-order valence-corrected chi connectivity index (χ1v) is 29.9. The van der Waals surface area contributed by atoms with Crippen LogP contribution in [0.2, 0.25) is 0 Å². The molecule has 24 nitrogen and oxygen atoms in total. The van der Waals surface area contributed by atoms with Crippen LogP contribution in [0.15, 0.2) is 18.2 Å². The third-order valence-corrected chi connectivity index (χ3v) is 18.3. The van der Waals surface area contributed by atoms with Crippen molar-refractivity contribution in [3.8, 4) is 17.2 Å². The van der Waals surface area contributed by atoms with Crippen molar-refractivity contribution in [2.75, 3.05) is 73.2 Å². The number of carbonyl (C=O) groups excluding carboxylic acids is 9. The minimum absolute atomic E-state index is 0.0274. The van der Waals surface area contributed by atoms with E-state index in [1.807, 2.05) is 11.8 Å². The van der Waals surface area contributed by atoms with Gasteiger partial charge >= 0.3 is 0 Å². The maximum absolute atomic E-state index is 14.4. The van der Waals surface area contributed by atoms with Gasteiger partial charge in [-0.15, -0.1) is 0 Å². The van der Waals surface area contributed by atoms with Crippen molar-refractivity contribution in [2.24, 2.45) is 11.8 Å². The number of benzene rings is 2. The number of hydrogen-bond acceptors (Lipinski definition) is 18. The first kappa shape index (κ1) is 63.2. The molecule has 9 atom stereocenters. The number of morpholine rings is 1. The molecule has 3 unspecified atom stereocenters. The summed E-state index contributed by atoms with van der Waals surface area (Å²) in [5.74, 6) is -7.19. The molecule has 25 heteroatoms. The molecular weight excluding hydrogens is 1190 g/mol. The Hall–Kier alpha value is -5.84. The Morgan fingerprint density at radius 1 is 0.831 bits per heavy atom. The molecule has 0 radical (unpaired) electrons. The fourth-order valence-electron chi connectivity index (χ4n) is 12.2. The molecule has 8 rings (SSSR count). The molecule has 7 N–H and O–H groups in total. The summed E-state index contributed by atoms with van der Waals surface area (Å²) in [5, 5.41) is 46.0. The molecule has 2 aromatic carbocycles. The van der Waals surface area contributed by atoms with Gasteiger partial charge in [0, 0.05) is 97.2 Å². The van der Waals surface area contributed by atoms with Crippen LogP contribution in [0, 0.1) is 11.8 Å². The van der Waals surface area contributed by atoms with Gasteiger partial charge in [0.25, 0.3) is 0 Å². The van der Waals surface area contributed by atoms with Crippen LogP contribution in [0.25, 0.3) is 0 Å². The van der Waals surface area contributed by atoms with Crippen molar-refractivity contribution in [1.82, 2.24) is 36.0 Å². The van der Waals surface area contributed by atoms with Gasteiger partial charge in [0.15, 0.2) is 18.4 Å². The Bertz CT molecular complexity index is 2810. The van der Waals surface area contributed by atoms with E-state index in [-0.39, 0.29) is 98.1 Å². The number of likely N-dealkylation sites (tertiary alicyclic amines) is 2. The molecule has 0 bridgehead atoms. The normalized spacial score (nSPS) is 25.4. The van der Waals surface area contributed by atoms with E-state index in [0.29, 0.717) is 32.5 Å². The highest BCUT2D eigenvalue weighted by Gasteiger charge is 2.49. The number of phenolic OH excluding ortho intramolecular Hbond substituents is 2. The molecule has 0 aromatic heterocycles. The number of methoxy groups -OCH3 is 2. The van der Waals surface area contributed by atoms with Gasteiger partial charge in [-0.2, -0.15) is 0 Å². The van der Waals surface area contributed by atoms with E-state index >= 15 is 0 Å². The Morgan fingerprint density at radius 2 is 1.52 bits per heavy atom. The highest BCUT2D eigenvalue weighted by Crippen LogP contribution is 2.52. The summed E-state index contributed by atoms with van der Waals surface area (Å²) >= 11 is 2.28. The summed E-state index contributed by atoms with van der Waals surface area (Å²) in [5.41, 5.74) is -0.848. The summed E-state index contributed by atoms with van der Waals surface area (Å²) < 4.78 is 29.0. The number of aliphatic hydroxyl groups excluding tert-OH is 1. The van der Waals surface area contributed by atoms with Crippen LogP contribution in [-0.4, -0.2) is 196 Å². The van der Waals surface area contributed by atoms with Crippen molar-refractivity contribution >= 4 is 75.5 Å². The number of amides is 7. The molecule has 83 heavy (non-hydrogen) atoms. The molecule has 4 heterocycles. The predicted octanol–water partition coefficient (Wildman–Crippen LogP) is 2.45. The van der Waals surface area contributed by atoms with Crippen LogP contribution in [0.5, 0.6) is 17.2 Å². The predicted molar refractivity (Wildman–Crippen MR) is 304 cm³/mol. The number of unbranched alkanes of at least 4 members (excludes halogenated alkanes) is 4. The number of piperidine rings is 1. The van der Waals surface area contributed by atoms with E-state index in [0.717, 1.165) is 43.4 Å². The zero-order chi connectivity index (χ0) is 59.9. The van der Waals surface area contributed by atoms with E-state index < -0.39 is 135 Å². The van der Waals surface area contributed by atoms with Gasteiger partial charge in [-0.3, -0.25) is 53.0 Å². The van der Waals surface area contributed by atoms with Gasteiger partial charge in [-0.05, 0) is 52.0 Å². The Labute approximate surface area is 495 Å². The molecule has 0 saturated carbocycles. The Kier molecular flexibility index (Phi) is 21.2. The molecular formula is C58H78IN7O17. The summed E-state index contributed by atoms with van der Waals surface area (Å²) in [6.45, 7) is 6.10. The maximum Gasteiger partial charge on any atom is 0.241 e. The minimum Gasteiger partial charge on any atom is -0.507 e. The number of imide groups is 1. The smallest absolute Gasteiger partial charge is 0.241 e. The summed E-state index contributed by atoms with van der Waals surface area (Å²) in [4.78, 5) is 125. The minimum atomic E-state index is -1.17. The monoisotopic (exact) mass is 1270 g/mol. The number of carbonyl (C=O) groups is 9. The fourth-order valence-corrected chi connectivity index (χ4v) is 13.1. The molecule has 4 fully saturated rings. The van der Waals surface area contributed by atoms with E-state index in [1.54, 1.807) is 6.92 Å². The largest absolute Gasteiger partial charge is 0.507 e. The highest BCUT2D eigenvalue weighted by molar-refractivity contribution is 14.1. The van der Waals surface area contributed by atoms with E-state index in [9.17, 15) is 58.5 Å². The lowest BCUT2D eigenvalue weighted by atomic mass is 9.74. The molecule has 6 aliphatic rings. The van der Waals surface area contributed by atoms with Gasteiger partial charge in [-0.1, -0.05) is 73.8 Å². The average molecular weight is 1270 g/mol. The van der Waals surface area contributed by atoms with Crippen LogP contribution in [0.1, 0.15) is 147 Å². The van der Waals surface area contributed by atoms with Crippen molar-refractivity contribution in [3.63, 3.8) is 0 Å². The van der Waals surface area contributed by atoms with Crippen LogP contribution < -0.4 is 26.0 Å². The first-order valence-electron chi connectivity index (χ1n) is 28.8. The summed E-state index contributed by atoms with van der Waals surface area (Å²) in [7, 11) is 2.87. The third-order valence-electron chi connectivity index (χ3n) is 17.0. The van der Waals surface area contributed by atoms with E-state index in [2.05, 4.69) is 50.8 Å². The molecule has 4 aliphatic heterocycles. The SMILES string of the molecule is CCCCCCCC(C)(I)C1CC(=O)N(CCC(=O)NCC(=O)NCC(=O)NCC(=O)N2CCC(NC(=O)[C@@H]3Cc4c(O)c5c(c(O)c4[C@@H](OC4C[C@H](N6CCO[C@H](OC)C6)[C@H](O)[C@H](C)O4)C3)C(=O)c3c(OC)cccc3C5=O)CC2)C1=O. The van der Waals surface area contributed by atoms with Crippen LogP contribution in [0.3, 0.4) is 0 Å². The zero-order valence-electron chi connectivity index (χ0n) is 47.8. The number of halogens is 1. The number of alkyl halides is 1. The van der Waals surface area contributed by atoms with E-state index in [1.165, 1.54) is 37.3 Å². The number of ketones is 2. The highest BCUT2D eigenvalue weighted by atomic mass is 127. The zero-order valence-corrected chi connectivity index (χ0v) is 49.9. The maximum atomic E-state index is 14.4. The number of aromatic hydroxyl groups is 2. The van der Waals surface area contributed by atoms with Gasteiger partial charge in [0.2, 0.25) is 47.1 Å². The van der Waals surface area contributed by atoms with Gasteiger partial charge < -0.3 is 65.2 Å². The molecule has 4 saturated heterocycles. The van der Waals surface area contributed by atoms with E-state index in [4.69, 9.17) is 23.7 Å². The number of aliphatic hydroxyl groups is 1. The standard InChI is InChI=1S/C58H78IN7O17/c1-6-7-8-9-10-17-58(3,59)36-25-43(70)66(57(36)78)20-16-40(67)60-27-41(68)61-28-42(69)62-29-44(71)64-18-14-33(15-19-64)63-56(77)32-23-35-48(55(76)50-49(53(35)74)52(73)34-12-11-13-38(79-4)47(34)54(50)75)39(24-32)83-45-26-37(51(72)31(2)82-45)65-21-22-81-46(30-65)80-5/h11-13,31-33,36-37,39,45-46,51,72,74,76H,6-10,14-30H2,1-5H3,(H,60,67)(H,61,68)(H,62,69)(H,63,77)/t31-,32+,36?,37-,39-,45?,46-,51+,58?/m0/s1. The lowest BCUT2D eigenvalue weighted by Crippen LogP contribution is -2.59. The number of nitrogens with one attached hydrogen (secondary N) is 4. The second kappa shape index (κ2) is 27.9. The fraction of sp³-hybridized carbons (Fsp3) is 0.638. The summed E-state index contributed by atoms with van der Waals surface area (Å²) in [6.07, 6.45) is 2.46. The lowest BCUT2D eigenvalue weighted by Gasteiger charge is -2.46. The quantitative estimate of drug-likeness (QED) is 0.0236. The third kappa shape index (κ3) is 14.5. The van der Waals surface area contributed by atoms with Crippen molar-refractivity contribution in [3.05, 3.63) is 51.6 Å². The van der Waals surface area contributed by atoms with Gasteiger partial charge in [0.05, 0.1) is 74.3 Å². The number of hydrogen-bond donors (Lipinski definition) is 7. The molecule has 454 valence electrons. The molecule has 2 aromatic rings. The topological polar surface area (TPSA) is 318 Å². The van der Waals surface area contributed by atoms with Crippen LogP contribution in [0.4, 0.5) is 0 Å². The summed E-state index contributed by atoms with van der Waals surface area (Å²) in [6, 6.07) is 3.61. The Balaban J connectivity index is 0.821. The number of nitrogens with zero attached hydrogens (tertiary/aromatic N) is 3. The molecule has 0 spiro atoms. The number of rotatable bonds is 23. The molecule has 7 amide bonds. The van der Waals surface area contributed by atoms with Crippen LogP contribution >= 0.6 is 22.6 Å². The van der Waals surface area contributed by atoms with Gasteiger partial charge in [-0.25, -0.2) is 0 Å². The number of fused-ring (bicyclic) bond motifs is 3. The first-order chi connectivity index (χ1) is 39.6. The van der Waals surface area contributed by atoms with Gasteiger partial charge in [0.1, 0.15) is 17.2 Å². The average Bonchev–Trinajstić information content (AvgIpc) is 1.80. The number of ether oxygens (including phenoxy) is 5. The second-order valence-corrected chi connectivity index (χ2v) is 25.0.